The summed E-state index contributed by atoms with van der Waals surface area (Å²) in [5, 5.41) is 3.58. The summed E-state index contributed by atoms with van der Waals surface area (Å²) in [6.07, 6.45) is 5.25. The summed E-state index contributed by atoms with van der Waals surface area (Å²) in [4.78, 5) is 14.8. The Kier molecular flexibility index (Phi) is 4.59. The summed E-state index contributed by atoms with van der Waals surface area (Å²) in [6.45, 7) is 5.14. The highest BCUT2D eigenvalue weighted by Crippen LogP contribution is 2.28. The Balaban J connectivity index is 1.52. The SMILES string of the molecule is CCCNC1CCN(C(=O)C2Cc3ccccc3C2)CC1. The second-order valence-electron chi connectivity index (χ2n) is 6.43. The summed E-state index contributed by atoms with van der Waals surface area (Å²) in [6, 6.07) is 9.11. The molecule has 3 nitrogen and oxygen atoms in total. The zero-order valence-electron chi connectivity index (χ0n) is 13.0. The molecule has 0 saturated carbocycles. The molecule has 1 aromatic carbocycles. The molecule has 114 valence electrons. The molecular formula is C18H26N2O. The van der Waals surface area contributed by atoms with E-state index >= 15 is 0 Å². The van der Waals surface area contributed by atoms with Crippen molar-refractivity contribution in [2.24, 2.45) is 5.92 Å². The predicted molar refractivity (Wildman–Crippen MR) is 85.2 cm³/mol. The fourth-order valence-corrected chi connectivity index (χ4v) is 3.64. The molecule has 0 bridgehead atoms. The van der Waals surface area contributed by atoms with Gasteiger partial charge in [0.25, 0.3) is 0 Å². The summed E-state index contributed by atoms with van der Waals surface area (Å²) < 4.78 is 0. The first-order valence-corrected chi connectivity index (χ1v) is 8.37. The number of hydrogen-bond donors (Lipinski definition) is 1. The lowest BCUT2D eigenvalue weighted by atomic mass is 10.00. The maximum atomic E-state index is 12.7. The number of nitrogens with one attached hydrogen (secondary N) is 1. The second kappa shape index (κ2) is 6.61. The van der Waals surface area contributed by atoms with Crippen molar-refractivity contribution in [3.8, 4) is 0 Å². The van der Waals surface area contributed by atoms with Crippen molar-refractivity contribution in [2.45, 2.75) is 45.1 Å². The fraction of sp³-hybridized carbons (Fsp3) is 0.611. The molecule has 3 rings (SSSR count). The van der Waals surface area contributed by atoms with Gasteiger partial charge in [0.2, 0.25) is 5.91 Å². The van der Waals surface area contributed by atoms with Gasteiger partial charge in [-0.3, -0.25) is 4.79 Å². The van der Waals surface area contributed by atoms with Crippen molar-refractivity contribution in [1.29, 1.82) is 0 Å². The molecule has 0 radical (unpaired) electrons. The van der Waals surface area contributed by atoms with E-state index in [2.05, 4.69) is 41.4 Å². The van der Waals surface area contributed by atoms with Gasteiger partial charge in [-0.1, -0.05) is 31.2 Å². The third kappa shape index (κ3) is 3.29. The van der Waals surface area contributed by atoms with Crippen LogP contribution in [0.3, 0.4) is 0 Å². The second-order valence-corrected chi connectivity index (χ2v) is 6.43. The Labute approximate surface area is 127 Å². The molecule has 3 heteroatoms. The van der Waals surface area contributed by atoms with Crippen LogP contribution in [-0.2, 0) is 17.6 Å². The normalized spacial score (nSPS) is 19.8. The Bertz CT molecular complexity index is 467. The molecule has 0 aromatic heterocycles. The van der Waals surface area contributed by atoms with E-state index in [1.54, 1.807) is 0 Å². The van der Waals surface area contributed by atoms with E-state index in [0.717, 1.165) is 45.3 Å². The highest BCUT2D eigenvalue weighted by atomic mass is 16.2. The van der Waals surface area contributed by atoms with E-state index in [9.17, 15) is 4.79 Å². The van der Waals surface area contributed by atoms with Crippen molar-refractivity contribution >= 4 is 5.91 Å². The monoisotopic (exact) mass is 286 g/mol. The third-order valence-corrected chi connectivity index (χ3v) is 4.89. The Morgan fingerprint density at radius 2 is 1.81 bits per heavy atom. The molecule has 1 saturated heterocycles. The zero-order valence-corrected chi connectivity index (χ0v) is 13.0. The Hall–Kier alpha value is -1.35. The maximum absolute atomic E-state index is 12.7. The number of benzene rings is 1. The van der Waals surface area contributed by atoms with Gasteiger partial charge in [-0.25, -0.2) is 0 Å². The molecule has 0 atom stereocenters. The molecule has 1 fully saturated rings. The van der Waals surface area contributed by atoms with Crippen molar-refractivity contribution < 1.29 is 4.79 Å². The summed E-state index contributed by atoms with van der Waals surface area (Å²) in [5.41, 5.74) is 2.74. The van der Waals surface area contributed by atoms with Gasteiger partial charge in [0.1, 0.15) is 0 Å². The molecule has 1 heterocycles. The molecular weight excluding hydrogens is 260 g/mol. The average molecular weight is 286 g/mol. The van der Waals surface area contributed by atoms with E-state index in [1.165, 1.54) is 17.5 Å². The van der Waals surface area contributed by atoms with Crippen LogP contribution in [0.15, 0.2) is 24.3 Å². The molecule has 0 spiro atoms. The highest BCUT2D eigenvalue weighted by Gasteiger charge is 2.32. The molecule has 1 amide bonds. The lowest BCUT2D eigenvalue weighted by molar-refractivity contribution is -0.136. The van der Waals surface area contributed by atoms with Gasteiger partial charge >= 0.3 is 0 Å². The van der Waals surface area contributed by atoms with Gasteiger partial charge in [0.05, 0.1) is 0 Å². The van der Waals surface area contributed by atoms with E-state index in [4.69, 9.17) is 0 Å². The van der Waals surface area contributed by atoms with Gasteiger partial charge in [0.15, 0.2) is 0 Å². The first kappa shape index (κ1) is 14.6. The Morgan fingerprint density at radius 3 is 2.38 bits per heavy atom. The van der Waals surface area contributed by atoms with Crippen LogP contribution < -0.4 is 5.32 Å². The highest BCUT2D eigenvalue weighted by molar-refractivity contribution is 5.80. The fourth-order valence-electron chi connectivity index (χ4n) is 3.64. The van der Waals surface area contributed by atoms with Crippen LogP contribution in [0.25, 0.3) is 0 Å². The lowest BCUT2D eigenvalue weighted by Gasteiger charge is -2.34. The minimum absolute atomic E-state index is 0.183. The third-order valence-electron chi connectivity index (χ3n) is 4.89. The van der Waals surface area contributed by atoms with Gasteiger partial charge in [-0.15, -0.1) is 0 Å². The summed E-state index contributed by atoms with van der Waals surface area (Å²) in [5.74, 6) is 0.558. The largest absolute Gasteiger partial charge is 0.342 e. The minimum Gasteiger partial charge on any atom is -0.342 e. The number of likely N-dealkylation sites (tertiary alicyclic amines) is 1. The first-order valence-electron chi connectivity index (χ1n) is 8.37. The van der Waals surface area contributed by atoms with Gasteiger partial charge in [0, 0.05) is 25.0 Å². The van der Waals surface area contributed by atoms with Crippen LogP contribution in [0.2, 0.25) is 0 Å². The van der Waals surface area contributed by atoms with Crippen molar-refractivity contribution in [2.75, 3.05) is 19.6 Å². The van der Waals surface area contributed by atoms with Crippen molar-refractivity contribution in [1.82, 2.24) is 10.2 Å². The zero-order chi connectivity index (χ0) is 14.7. The van der Waals surface area contributed by atoms with Crippen LogP contribution in [0.5, 0.6) is 0 Å². The standard InChI is InChI=1S/C18H26N2O/c1-2-9-19-17-7-10-20(11-8-17)18(21)16-12-14-5-3-4-6-15(14)13-16/h3-6,16-17,19H,2,7-13H2,1H3. The number of fused-ring (bicyclic) bond motifs is 1. The molecule has 21 heavy (non-hydrogen) atoms. The molecule has 1 aromatic rings. The quantitative estimate of drug-likeness (QED) is 0.922. The van der Waals surface area contributed by atoms with Crippen molar-refractivity contribution in [3.05, 3.63) is 35.4 Å². The lowest BCUT2D eigenvalue weighted by Crippen LogP contribution is -2.47. The van der Waals surface area contributed by atoms with Crippen LogP contribution in [0.4, 0.5) is 0 Å². The predicted octanol–water partition coefficient (Wildman–Crippen LogP) is 2.39. The minimum atomic E-state index is 0.183. The Morgan fingerprint density at radius 1 is 1.19 bits per heavy atom. The molecule has 1 aliphatic heterocycles. The number of hydrogen-bond acceptors (Lipinski definition) is 2. The van der Waals surface area contributed by atoms with Crippen molar-refractivity contribution in [3.63, 3.8) is 0 Å². The van der Waals surface area contributed by atoms with Crippen LogP contribution in [-0.4, -0.2) is 36.5 Å². The topological polar surface area (TPSA) is 32.3 Å². The van der Waals surface area contributed by atoms with E-state index in [1.807, 2.05) is 0 Å². The smallest absolute Gasteiger partial charge is 0.226 e. The molecule has 2 aliphatic rings. The molecule has 0 unspecified atom stereocenters. The maximum Gasteiger partial charge on any atom is 0.226 e. The average Bonchev–Trinajstić information content (AvgIpc) is 2.96. The van der Waals surface area contributed by atoms with Gasteiger partial charge in [-0.05, 0) is 49.8 Å². The van der Waals surface area contributed by atoms with Crippen LogP contribution >= 0.6 is 0 Å². The summed E-state index contributed by atoms with van der Waals surface area (Å²) >= 11 is 0. The number of nitrogens with zero attached hydrogens (tertiary/aromatic N) is 1. The van der Waals surface area contributed by atoms with E-state index in [0.29, 0.717) is 11.9 Å². The van der Waals surface area contributed by atoms with E-state index in [-0.39, 0.29) is 5.92 Å². The van der Waals surface area contributed by atoms with Crippen LogP contribution in [0.1, 0.15) is 37.3 Å². The van der Waals surface area contributed by atoms with Crippen LogP contribution in [0, 0.1) is 5.92 Å². The van der Waals surface area contributed by atoms with Gasteiger partial charge < -0.3 is 10.2 Å². The van der Waals surface area contributed by atoms with E-state index < -0.39 is 0 Å². The molecule has 1 N–H and O–H groups in total. The number of rotatable bonds is 4. The summed E-state index contributed by atoms with van der Waals surface area (Å²) in [7, 11) is 0. The number of amides is 1. The van der Waals surface area contributed by atoms with Gasteiger partial charge in [-0.2, -0.15) is 0 Å². The number of carbonyl (C=O) groups is 1. The first-order chi connectivity index (χ1) is 10.3. The number of carbonyl (C=O) groups excluding carboxylic acids is 1. The molecule has 1 aliphatic carbocycles. The number of piperidine rings is 1.